The number of nitrogens with zero attached hydrogens (tertiary/aromatic N) is 1. The number of methoxy groups -OCH3 is 1. The van der Waals surface area contributed by atoms with Crippen molar-refractivity contribution in [2.24, 2.45) is 16.8 Å². The lowest BCUT2D eigenvalue weighted by Crippen LogP contribution is -2.41. The van der Waals surface area contributed by atoms with Crippen LogP contribution in [0.25, 0.3) is 11.1 Å². The fraction of sp³-hybridized carbons (Fsp3) is 0.370. The smallest absolute Gasteiger partial charge is 0.336 e. The summed E-state index contributed by atoms with van der Waals surface area (Å²) in [5.41, 5.74) is 5.30. The van der Waals surface area contributed by atoms with Crippen LogP contribution in [-0.4, -0.2) is 24.6 Å². The summed E-state index contributed by atoms with van der Waals surface area (Å²) >= 11 is 0. The molecule has 0 N–H and O–H groups in total. The highest BCUT2D eigenvalue weighted by Gasteiger charge is 2.45. The summed E-state index contributed by atoms with van der Waals surface area (Å²) in [6.07, 6.45) is 3.47. The Labute approximate surface area is 184 Å². The molecule has 1 fully saturated rings. The molecule has 1 heterocycles. The number of esters is 1. The van der Waals surface area contributed by atoms with Crippen LogP contribution >= 0.6 is 0 Å². The molecule has 1 aliphatic carbocycles. The van der Waals surface area contributed by atoms with E-state index in [1.165, 1.54) is 7.11 Å². The van der Waals surface area contributed by atoms with Crippen molar-refractivity contribution in [1.82, 2.24) is 0 Å². The predicted molar refractivity (Wildman–Crippen MR) is 123 cm³/mol. The summed E-state index contributed by atoms with van der Waals surface area (Å²) in [5, 5.41) is 0. The number of hydrogen-bond acceptors (Lipinski definition) is 4. The quantitative estimate of drug-likeness (QED) is 0.586. The lowest BCUT2D eigenvalue weighted by Gasteiger charge is -2.38. The van der Waals surface area contributed by atoms with Gasteiger partial charge in [0, 0.05) is 23.7 Å². The zero-order valence-electron chi connectivity index (χ0n) is 18.4. The van der Waals surface area contributed by atoms with Crippen molar-refractivity contribution in [2.45, 2.75) is 45.4 Å². The minimum Gasteiger partial charge on any atom is -0.466 e. The van der Waals surface area contributed by atoms with Gasteiger partial charge in [-0.3, -0.25) is 9.79 Å². The van der Waals surface area contributed by atoms with Gasteiger partial charge >= 0.3 is 5.97 Å². The minimum atomic E-state index is -0.402. The van der Waals surface area contributed by atoms with Crippen LogP contribution in [-0.2, 0) is 14.3 Å². The number of rotatable bonds is 5. The lowest BCUT2D eigenvalue weighted by molar-refractivity contribution is -0.136. The van der Waals surface area contributed by atoms with Gasteiger partial charge < -0.3 is 4.74 Å². The van der Waals surface area contributed by atoms with Crippen molar-refractivity contribution >= 4 is 17.5 Å². The summed E-state index contributed by atoms with van der Waals surface area (Å²) in [7, 11) is 1.39. The number of aliphatic imine (C=N–C) groups is 1. The van der Waals surface area contributed by atoms with Crippen molar-refractivity contribution in [3.63, 3.8) is 0 Å². The molecule has 1 saturated carbocycles. The molecule has 1 aliphatic heterocycles. The summed E-state index contributed by atoms with van der Waals surface area (Å²) in [6.45, 7) is 4.01. The van der Waals surface area contributed by atoms with Gasteiger partial charge in [0.05, 0.1) is 18.6 Å². The Morgan fingerprint density at radius 2 is 1.68 bits per heavy atom. The molecule has 4 rings (SSSR count). The van der Waals surface area contributed by atoms with Gasteiger partial charge in [0.15, 0.2) is 0 Å². The number of Topliss-reactive ketones (excluding diaryl/α,β-unsaturated/α-hetero) is 1. The molecule has 4 nitrogen and oxygen atoms in total. The molecule has 0 spiro atoms. The molecular formula is C27H29NO3. The third kappa shape index (κ3) is 4.12. The van der Waals surface area contributed by atoms with Crippen LogP contribution in [0.15, 0.2) is 70.9 Å². The third-order valence-electron chi connectivity index (χ3n) is 6.52. The Kier molecular flexibility index (Phi) is 6.17. The van der Waals surface area contributed by atoms with Crippen molar-refractivity contribution in [3.05, 3.63) is 71.4 Å². The van der Waals surface area contributed by atoms with Crippen LogP contribution in [0.3, 0.4) is 0 Å². The standard InChI is InChI=1S/C27H29NO3/c1-4-8-18-15-22-26(23(29)16-18)25(24(17(2)28-22)27(30)31-3)21-13-11-20(12-14-21)19-9-6-5-7-10-19/h5-7,9-14,18,25-26H,4,8,15-16H2,1-3H3. The molecule has 0 amide bonds. The van der Waals surface area contributed by atoms with E-state index in [4.69, 9.17) is 9.73 Å². The fourth-order valence-electron chi connectivity index (χ4n) is 5.12. The molecule has 0 radical (unpaired) electrons. The first-order valence-corrected chi connectivity index (χ1v) is 11.1. The van der Waals surface area contributed by atoms with Gasteiger partial charge in [-0.1, -0.05) is 67.9 Å². The molecular weight excluding hydrogens is 386 g/mol. The van der Waals surface area contributed by atoms with Crippen LogP contribution < -0.4 is 0 Å². The zero-order chi connectivity index (χ0) is 22.0. The van der Waals surface area contributed by atoms with E-state index in [0.717, 1.165) is 41.7 Å². The van der Waals surface area contributed by atoms with Crippen LogP contribution in [0.4, 0.5) is 0 Å². The second-order valence-electron chi connectivity index (χ2n) is 8.57. The van der Waals surface area contributed by atoms with Gasteiger partial charge in [-0.15, -0.1) is 0 Å². The van der Waals surface area contributed by atoms with Crippen molar-refractivity contribution in [3.8, 4) is 11.1 Å². The zero-order valence-corrected chi connectivity index (χ0v) is 18.4. The average Bonchev–Trinajstić information content (AvgIpc) is 2.78. The first-order valence-electron chi connectivity index (χ1n) is 11.1. The van der Waals surface area contributed by atoms with Crippen LogP contribution in [0.2, 0.25) is 0 Å². The second kappa shape index (κ2) is 9.01. The maximum atomic E-state index is 13.3. The summed E-state index contributed by atoms with van der Waals surface area (Å²) in [4.78, 5) is 30.8. The molecule has 0 aromatic heterocycles. The highest BCUT2D eigenvalue weighted by molar-refractivity contribution is 6.11. The van der Waals surface area contributed by atoms with E-state index in [9.17, 15) is 9.59 Å². The largest absolute Gasteiger partial charge is 0.466 e. The molecule has 3 unspecified atom stereocenters. The Morgan fingerprint density at radius 1 is 1.00 bits per heavy atom. The third-order valence-corrected chi connectivity index (χ3v) is 6.52. The van der Waals surface area contributed by atoms with E-state index < -0.39 is 5.97 Å². The Hall–Kier alpha value is -3.01. The normalized spacial score (nSPS) is 23.3. The van der Waals surface area contributed by atoms with Gasteiger partial charge in [0.2, 0.25) is 0 Å². The molecule has 3 atom stereocenters. The molecule has 4 heteroatoms. The second-order valence-corrected chi connectivity index (χ2v) is 8.57. The number of allylic oxidation sites excluding steroid dienone is 1. The highest BCUT2D eigenvalue weighted by atomic mass is 16.5. The monoisotopic (exact) mass is 415 g/mol. The SMILES string of the molecule is CCCC1CC(=O)C2C(=NC(C)=C(C(=O)OC)C2c2ccc(-c3ccccc3)cc2)C1. The number of hydrogen-bond donors (Lipinski definition) is 0. The van der Waals surface area contributed by atoms with Crippen LogP contribution in [0, 0.1) is 11.8 Å². The van der Waals surface area contributed by atoms with E-state index in [-0.39, 0.29) is 17.6 Å². The molecule has 2 aromatic rings. The van der Waals surface area contributed by atoms with Crippen molar-refractivity contribution in [2.75, 3.05) is 7.11 Å². The Balaban J connectivity index is 1.76. The topological polar surface area (TPSA) is 55.7 Å². The van der Waals surface area contributed by atoms with E-state index in [1.807, 2.05) is 37.3 Å². The van der Waals surface area contributed by atoms with E-state index >= 15 is 0 Å². The number of carbonyl (C=O) groups excluding carboxylic acids is 2. The molecule has 31 heavy (non-hydrogen) atoms. The molecule has 2 aliphatic rings. The first kappa shape index (κ1) is 21.2. The van der Waals surface area contributed by atoms with Crippen molar-refractivity contribution in [1.29, 1.82) is 0 Å². The summed E-state index contributed by atoms with van der Waals surface area (Å²) in [5.74, 6) is -0.593. The van der Waals surface area contributed by atoms with Crippen molar-refractivity contribution < 1.29 is 14.3 Å². The van der Waals surface area contributed by atoms with E-state index in [2.05, 4.69) is 31.2 Å². The van der Waals surface area contributed by atoms with Gasteiger partial charge in [-0.05, 0) is 42.4 Å². The molecule has 0 bridgehead atoms. The lowest BCUT2D eigenvalue weighted by atomic mass is 9.66. The van der Waals surface area contributed by atoms with Gasteiger partial charge in [-0.25, -0.2) is 4.79 Å². The number of benzene rings is 2. The van der Waals surface area contributed by atoms with Crippen LogP contribution in [0.1, 0.15) is 51.0 Å². The maximum absolute atomic E-state index is 13.3. The minimum absolute atomic E-state index is 0.189. The maximum Gasteiger partial charge on any atom is 0.336 e. The number of fused-ring (bicyclic) bond motifs is 1. The fourth-order valence-corrected chi connectivity index (χ4v) is 5.12. The highest BCUT2D eigenvalue weighted by Crippen LogP contribution is 2.45. The van der Waals surface area contributed by atoms with E-state index in [0.29, 0.717) is 23.6 Å². The van der Waals surface area contributed by atoms with Gasteiger partial charge in [0.1, 0.15) is 5.78 Å². The Morgan fingerprint density at radius 3 is 2.32 bits per heavy atom. The first-order chi connectivity index (χ1) is 15.0. The average molecular weight is 416 g/mol. The van der Waals surface area contributed by atoms with E-state index in [1.54, 1.807) is 0 Å². The molecule has 0 saturated heterocycles. The van der Waals surface area contributed by atoms with Gasteiger partial charge in [0.25, 0.3) is 0 Å². The number of ether oxygens (including phenoxy) is 1. The Bertz CT molecular complexity index is 1030. The molecule has 160 valence electrons. The number of ketones is 1. The number of carbonyl (C=O) groups is 2. The van der Waals surface area contributed by atoms with Crippen LogP contribution in [0.5, 0.6) is 0 Å². The molecule has 2 aromatic carbocycles. The summed E-state index contributed by atoms with van der Waals surface area (Å²) < 4.78 is 5.10. The van der Waals surface area contributed by atoms with Gasteiger partial charge in [-0.2, -0.15) is 0 Å². The predicted octanol–water partition coefficient (Wildman–Crippen LogP) is 5.73. The summed E-state index contributed by atoms with van der Waals surface area (Å²) in [6, 6.07) is 18.4.